The minimum atomic E-state index is -0.0381. The molecule has 1 rings (SSSR count). The van der Waals surface area contributed by atoms with Gasteiger partial charge in [-0.15, -0.1) is 0 Å². The summed E-state index contributed by atoms with van der Waals surface area (Å²) in [6.07, 6.45) is 5.08. The molecule has 0 spiro atoms. The second-order valence-electron chi connectivity index (χ2n) is 6.84. The van der Waals surface area contributed by atoms with E-state index in [0.717, 1.165) is 25.0 Å². The molecule has 118 valence electrons. The molecule has 0 aliphatic heterocycles. The molecule has 0 saturated carbocycles. The summed E-state index contributed by atoms with van der Waals surface area (Å²) >= 11 is 0. The van der Waals surface area contributed by atoms with Crippen molar-refractivity contribution in [1.82, 2.24) is 9.97 Å². The van der Waals surface area contributed by atoms with Crippen LogP contribution in [0.25, 0.3) is 0 Å². The Balaban J connectivity index is 3.09. The number of amides is 1. The first-order chi connectivity index (χ1) is 9.78. The lowest BCUT2D eigenvalue weighted by Crippen LogP contribution is -2.41. The van der Waals surface area contributed by atoms with Crippen molar-refractivity contribution < 1.29 is 4.79 Å². The molecule has 0 bridgehead atoms. The third-order valence-electron chi connectivity index (χ3n) is 3.38. The van der Waals surface area contributed by atoms with Crippen LogP contribution in [-0.2, 0) is 11.2 Å². The van der Waals surface area contributed by atoms with Crippen molar-refractivity contribution in [3.8, 4) is 0 Å². The molecule has 0 aliphatic carbocycles. The van der Waals surface area contributed by atoms with Crippen molar-refractivity contribution in [2.75, 3.05) is 4.90 Å². The Morgan fingerprint density at radius 3 is 2.52 bits per heavy atom. The summed E-state index contributed by atoms with van der Waals surface area (Å²) in [5, 5.41) is 0. The largest absolute Gasteiger partial charge is 0.278 e. The van der Waals surface area contributed by atoms with E-state index < -0.39 is 0 Å². The maximum Gasteiger partial charge on any atom is 0.232 e. The second kappa shape index (κ2) is 7.53. The van der Waals surface area contributed by atoms with Gasteiger partial charge in [-0.3, -0.25) is 9.69 Å². The van der Waals surface area contributed by atoms with Gasteiger partial charge >= 0.3 is 0 Å². The molecule has 1 atom stereocenters. The van der Waals surface area contributed by atoms with Gasteiger partial charge in [0.25, 0.3) is 0 Å². The highest BCUT2D eigenvalue weighted by Gasteiger charge is 2.27. The summed E-state index contributed by atoms with van der Waals surface area (Å²) in [6, 6.07) is 2.03. The van der Waals surface area contributed by atoms with Crippen LogP contribution < -0.4 is 4.90 Å². The molecule has 0 radical (unpaired) electrons. The third-order valence-corrected chi connectivity index (χ3v) is 3.38. The monoisotopic (exact) mass is 291 g/mol. The maximum atomic E-state index is 12.7. The Morgan fingerprint density at radius 2 is 2.00 bits per heavy atom. The number of carbonyl (C=O) groups is 1. The molecule has 0 aliphatic rings. The van der Waals surface area contributed by atoms with Crippen LogP contribution >= 0.6 is 0 Å². The van der Waals surface area contributed by atoms with Crippen LogP contribution in [0, 0.1) is 5.41 Å². The van der Waals surface area contributed by atoms with E-state index in [0.29, 0.717) is 12.4 Å². The first-order valence-electron chi connectivity index (χ1n) is 7.92. The zero-order chi connectivity index (χ0) is 16.0. The topological polar surface area (TPSA) is 46.1 Å². The molecule has 1 aromatic rings. The van der Waals surface area contributed by atoms with E-state index in [4.69, 9.17) is 0 Å². The summed E-state index contributed by atoms with van der Waals surface area (Å²) in [5.74, 6) is 0.654. The van der Waals surface area contributed by atoms with Crippen molar-refractivity contribution in [1.29, 1.82) is 0 Å². The van der Waals surface area contributed by atoms with Crippen molar-refractivity contribution >= 4 is 11.9 Å². The van der Waals surface area contributed by atoms with Crippen molar-refractivity contribution in [2.24, 2.45) is 5.41 Å². The van der Waals surface area contributed by atoms with Gasteiger partial charge in [0.2, 0.25) is 11.9 Å². The smallest absolute Gasteiger partial charge is 0.232 e. The Bertz CT molecular complexity index is 465. The number of anilines is 1. The predicted molar refractivity (Wildman–Crippen MR) is 87.3 cm³/mol. The van der Waals surface area contributed by atoms with Crippen LogP contribution in [0.4, 0.5) is 5.95 Å². The summed E-state index contributed by atoms with van der Waals surface area (Å²) in [5.41, 5.74) is 0.932. The average molecular weight is 291 g/mol. The van der Waals surface area contributed by atoms with Crippen molar-refractivity contribution in [2.45, 2.75) is 73.3 Å². The van der Waals surface area contributed by atoms with Crippen LogP contribution in [0.5, 0.6) is 0 Å². The highest BCUT2D eigenvalue weighted by Crippen LogP contribution is 2.24. The van der Waals surface area contributed by atoms with Crippen molar-refractivity contribution in [3.63, 3.8) is 0 Å². The Labute approximate surface area is 129 Å². The first kappa shape index (κ1) is 17.6. The highest BCUT2D eigenvalue weighted by atomic mass is 16.2. The fourth-order valence-corrected chi connectivity index (χ4v) is 2.34. The summed E-state index contributed by atoms with van der Waals surface area (Å²) < 4.78 is 0. The molecule has 0 fully saturated rings. The molecule has 1 amide bonds. The number of nitrogens with zero attached hydrogens (tertiary/aromatic N) is 3. The van der Waals surface area contributed by atoms with E-state index in [1.807, 2.05) is 6.07 Å². The van der Waals surface area contributed by atoms with Gasteiger partial charge < -0.3 is 0 Å². The van der Waals surface area contributed by atoms with Gasteiger partial charge in [0.15, 0.2) is 0 Å². The third kappa shape index (κ3) is 5.44. The quantitative estimate of drug-likeness (QED) is 0.796. The molecular formula is C17H29N3O. The molecule has 0 aromatic carbocycles. The predicted octanol–water partition coefficient (Wildman–Crippen LogP) is 4.00. The van der Waals surface area contributed by atoms with E-state index >= 15 is 0 Å². The van der Waals surface area contributed by atoms with Gasteiger partial charge in [0, 0.05) is 24.4 Å². The number of aryl methyl sites for hydroxylation is 1. The van der Waals surface area contributed by atoms with E-state index in [2.05, 4.69) is 51.5 Å². The standard InChI is InChI=1S/C17H29N3O/c1-7-9-13(3)20(15(21)12-17(4,5)6)16-18-11-10-14(8-2)19-16/h10-11,13H,7-9,12H2,1-6H3. The number of rotatable bonds is 6. The van der Waals surface area contributed by atoms with Gasteiger partial charge in [0.05, 0.1) is 0 Å². The average Bonchev–Trinajstić information content (AvgIpc) is 2.37. The number of hydrogen-bond donors (Lipinski definition) is 0. The number of hydrogen-bond acceptors (Lipinski definition) is 3. The van der Waals surface area contributed by atoms with E-state index in [1.54, 1.807) is 11.1 Å². The summed E-state index contributed by atoms with van der Waals surface area (Å²) in [6.45, 7) is 12.5. The van der Waals surface area contributed by atoms with E-state index in [9.17, 15) is 4.79 Å². The molecule has 1 aromatic heterocycles. The van der Waals surface area contributed by atoms with Crippen LogP contribution in [0.15, 0.2) is 12.3 Å². The zero-order valence-electron chi connectivity index (χ0n) is 14.3. The Kier molecular flexibility index (Phi) is 6.31. The van der Waals surface area contributed by atoms with Gasteiger partial charge in [0.1, 0.15) is 0 Å². The van der Waals surface area contributed by atoms with E-state index in [-0.39, 0.29) is 17.4 Å². The normalized spacial score (nSPS) is 13.0. The lowest BCUT2D eigenvalue weighted by molar-refractivity contribution is -0.120. The highest BCUT2D eigenvalue weighted by molar-refractivity contribution is 5.92. The molecule has 4 nitrogen and oxygen atoms in total. The maximum absolute atomic E-state index is 12.7. The minimum Gasteiger partial charge on any atom is -0.278 e. The number of aromatic nitrogens is 2. The van der Waals surface area contributed by atoms with Gasteiger partial charge in [-0.1, -0.05) is 41.0 Å². The summed E-state index contributed by atoms with van der Waals surface area (Å²) in [4.78, 5) is 23.4. The van der Waals surface area contributed by atoms with Gasteiger partial charge in [-0.2, -0.15) is 0 Å². The lowest BCUT2D eigenvalue weighted by Gasteiger charge is -2.30. The Hall–Kier alpha value is -1.45. The molecule has 0 N–H and O–H groups in total. The fraction of sp³-hybridized carbons (Fsp3) is 0.706. The van der Waals surface area contributed by atoms with Crippen LogP contribution in [0.3, 0.4) is 0 Å². The Morgan fingerprint density at radius 1 is 1.33 bits per heavy atom. The molecule has 0 saturated heterocycles. The molecule has 1 unspecified atom stereocenters. The van der Waals surface area contributed by atoms with Crippen LogP contribution in [0.2, 0.25) is 0 Å². The zero-order valence-corrected chi connectivity index (χ0v) is 14.3. The minimum absolute atomic E-state index is 0.0381. The number of carbonyl (C=O) groups excluding carboxylic acids is 1. The summed E-state index contributed by atoms with van der Waals surface area (Å²) in [7, 11) is 0. The lowest BCUT2D eigenvalue weighted by atomic mass is 9.91. The van der Waals surface area contributed by atoms with Gasteiger partial charge in [-0.05, 0) is 31.2 Å². The van der Waals surface area contributed by atoms with Gasteiger partial charge in [-0.25, -0.2) is 9.97 Å². The van der Waals surface area contributed by atoms with E-state index in [1.165, 1.54) is 0 Å². The molecule has 21 heavy (non-hydrogen) atoms. The van der Waals surface area contributed by atoms with Crippen LogP contribution in [0.1, 0.15) is 66.5 Å². The molecule has 4 heteroatoms. The SMILES string of the molecule is CCCC(C)N(C(=O)CC(C)(C)C)c1nccc(CC)n1. The van der Waals surface area contributed by atoms with Crippen LogP contribution in [-0.4, -0.2) is 21.9 Å². The molecular weight excluding hydrogens is 262 g/mol. The second-order valence-corrected chi connectivity index (χ2v) is 6.84. The first-order valence-corrected chi connectivity index (χ1v) is 7.92. The molecule has 1 heterocycles. The fourth-order valence-electron chi connectivity index (χ4n) is 2.34. The van der Waals surface area contributed by atoms with Crippen molar-refractivity contribution in [3.05, 3.63) is 18.0 Å².